The molecule has 0 aromatic heterocycles. The van der Waals surface area contributed by atoms with E-state index in [1.807, 2.05) is 22.6 Å². The Bertz CT molecular complexity index is 1230. The molecule has 0 bridgehead atoms. The van der Waals surface area contributed by atoms with Crippen LogP contribution in [-0.4, -0.2) is 31.0 Å². The van der Waals surface area contributed by atoms with E-state index >= 15 is 0 Å². The van der Waals surface area contributed by atoms with Crippen LogP contribution in [0.25, 0.3) is 6.08 Å². The number of nitrogens with zero attached hydrogens (tertiary/aromatic N) is 2. The lowest BCUT2D eigenvalue weighted by Crippen LogP contribution is -2.12. The highest BCUT2D eigenvalue weighted by Crippen LogP contribution is 2.38. The van der Waals surface area contributed by atoms with Gasteiger partial charge in [-0.25, -0.2) is 0 Å². The average molecular weight is 575 g/mol. The third-order valence-corrected chi connectivity index (χ3v) is 6.65. The molecule has 0 saturated heterocycles. The fourth-order valence-electron chi connectivity index (χ4n) is 2.48. The first-order valence-electron chi connectivity index (χ1n) is 8.54. The molecule has 2 aromatic carbocycles. The smallest absolute Gasteiger partial charge is 0.339 e. The first kappa shape index (κ1) is 23.0. The third-order valence-electron chi connectivity index (χ3n) is 3.80. The predicted molar refractivity (Wildman–Crippen MR) is 123 cm³/mol. The lowest BCUT2D eigenvalue weighted by molar-refractivity contribution is -0.384. The van der Waals surface area contributed by atoms with E-state index in [0.717, 1.165) is 36.0 Å². The second-order valence-electron chi connectivity index (χ2n) is 5.92. The Kier molecular flexibility index (Phi) is 6.86. The maximum Gasteiger partial charge on any atom is 0.339 e. The normalized spacial score (nSPS) is 15.1. The highest BCUT2D eigenvalue weighted by Gasteiger charge is 2.24. The van der Waals surface area contributed by atoms with E-state index < -0.39 is 20.9 Å². The molecule has 13 heteroatoms. The summed E-state index contributed by atoms with van der Waals surface area (Å²) in [4.78, 5) is 25.7. The second kappa shape index (κ2) is 9.23. The Morgan fingerprint density at radius 3 is 2.52 bits per heavy atom. The quantitative estimate of drug-likeness (QED) is 0.172. The molecule has 0 spiro atoms. The number of amides is 1. The molecule has 2 aromatic rings. The third kappa shape index (κ3) is 5.34. The van der Waals surface area contributed by atoms with Crippen molar-refractivity contribution in [2.75, 3.05) is 6.61 Å². The van der Waals surface area contributed by atoms with Crippen LogP contribution in [0.5, 0.6) is 11.5 Å². The van der Waals surface area contributed by atoms with Crippen LogP contribution >= 0.6 is 34.4 Å². The molecule has 0 aliphatic carbocycles. The number of carbonyl (C=O) groups is 1. The molecule has 1 aliphatic heterocycles. The predicted octanol–water partition coefficient (Wildman–Crippen LogP) is 3.29. The number of benzene rings is 2. The average Bonchev–Trinajstić information content (AvgIpc) is 3.01. The van der Waals surface area contributed by atoms with Crippen molar-refractivity contribution in [3.05, 3.63) is 60.6 Å². The standard InChI is InChI=1S/C18H14IN3O7S2/c1-2-28-14-8-10(9-15-17(23)21-18(20)30-15)7-13(19)16(14)29-31(26,27)12-5-3-11(4-6-12)22(24)25/h3-9H,2H2,1H3,(H2,20,21,23)/b15-9-. The summed E-state index contributed by atoms with van der Waals surface area (Å²) in [6.07, 6.45) is 1.57. The lowest BCUT2D eigenvalue weighted by atomic mass is 10.2. The van der Waals surface area contributed by atoms with E-state index in [-0.39, 0.29) is 33.9 Å². The number of thioether (sulfide) groups is 1. The number of non-ortho nitro benzene ring substituents is 1. The number of hydrogen-bond donors (Lipinski definition) is 1. The fraction of sp³-hybridized carbons (Fsp3) is 0.111. The highest BCUT2D eigenvalue weighted by atomic mass is 127. The lowest BCUT2D eigenvalue weighted by Gasteiger charge is -2.14. The van der Waals surface area contributed by atoms with Gasteiger partial charge in [-0.05, 0) is 77.2 Å². The van der Waals surface area contributed by atoms with Crippen molar-refractivity contribution >= 4 is 67.3 Å². The van der Waals surface area contributed by atoms with Gasteiger partial charge in [0, 0.05) is 12.1 Å². The van der Waals surface area contributed by atoms with Gasteiger partial charge in [-0.1, -0.05) is 0 Å². The molecule has 162 valence electrons. The molecular weight excluding hydrogens is 561 g/mol. The number of nitrogens with two attached hydrogens (primary N) is 1. The van der Waals surface area contributed by atoms with Crippen LogP contribution < -0.4 is 14.7 Å². The number of aliphatic imine (C=N–C) groups is 1. The Morgan fingerprint density at radius 1 is 1.29 bits per heavy atom. The number of nitro benzene ring substituents is 1. The van der Waals surface area contributed by atoms with Crippen molar-refractivity contribution in [3.63, 3.8) is 0 Å². The van der Waals surface area contributed by atoms with Gasteiger partial charge < -0.3 is 14.7 Å². The summed E-state index contributed by atoms with van der Waals surface area (Å²) >= 11 is 2.92. The zero-order valence-electron chi connectivity index (χ0n) is 15.8. The summed E-state index contributed by atoms with van der Waals surface area (Å²) in [6.45, 7) is 1.95. The molecule has 0 saturated carbocycles. The van der Waals surface area contributed by atoms with Gasteiger partial charge in [0.1, 0.15) is 4.90 Å². The van der Waals surface area contributed by atoms with Crippen molar-refractivity contribution in [3.8, 4) is 11.5 Å². The highest BCUT2D eigenvalue weighted by molar-refractivity contribution is 14.1. The van der Waals surface area contributed by atoms with Gasteiger partial charge in [0.2, 0.25) is 0 Å². The molecule has 2 N–H and O–H groups in total. The van der Waals surface area contributed by atoms with Gasteiger partial charge in [-0.15, -0.1) is 0 Å². The number of rotatable bonds is 7. The molecule has 0 atom stereocenters. The summed E-state index contributed by atoms with van der Waals surface area (Å²) in [7, 11) is -4.29. The topological polar surface area (TPSA) is 151 Å². The zero-order chi connectivity index (χ0) is 22.8. The molecule has 31 heavy (non-hydrogen) atoms. The minimum atomic E-state index is -4.29. The Balaban J connectivity index is 1.96. The second-order valence-corrected chi connectivity index (χ2v) is 9.69. The molecule has 1 aliphatic rings. The van der Waals surface area contributed by atoms with Crippen LogP contribution in [0.2, 0.25) is 0 Å². The SMILES string of the molecule is CCOc1cc(/C=C2\SC(N)=NC2=O)cc(I)c1OS(=O)(=O)c1ccc([N+](=O)[O-])cc1. The van der Waals surface area contributed by atoms with E-state index in [1.165, 1.54) is 6.07 Å². The van der Waals surface area contributed by atoms with Gasteiger partial charge in [-0.2, -0.15) is 13.4 Å². The van der Waals surface area contributed by atoms with Crippen molar-refractivity contribution in [1.82, 2.24) is 0 Å². The maximum atomic E-state index is 12.7. The van der Waals surface area contributed by atoms with Crippen LogP contribution in [0, 0.1) is 13.7 Å². The Hall–Kier alpha value is -2.65. The van der Waals surface area contributed by atoms with Crippen LogP contribution in [0.15, 0.2) is 51.2 Å². The van der Waals surface area contributed by atoms with E-state index in [2.05, 4.69) is 4.99 Å². The van der Waals surface area contributed by atoms with Crippen LogP contribution in [0.3, 0.4) is 0 Å². The van der Waals surface area contributed by atoms with Gasteiger partial charge in [0.25, 0.3) is 11.6 Å². The molecular formula is C18H14IN3O7S2. The van der Waals surface area contributed by atoms with Crippen LogP contribution in [-0.2, 0) is 14.9 Å². The van der Waals surface area contributed by atoms with Crippen molar-refractivity contribution in [2.24, 2.45) is 10.7 Å². The minimum Gasteiger partial charge on any atom is -0.490 e. The number of amidine groups is 1. The van der Waals surface area contributed by atoms with Gasteiger partial charge in [0.15, 0.2) is 16.7 Å². The Morgan fingerprint density at radius 2 is 1.97 bits per heavy atom. The summed E-state index contributed by atoms with van der Waals surface area (Å²) in [6, 6.07) is 7.47. The minimum absolute atomic E-state index is 0.0379. The summed E-state index contributed by atoms with van der Waals surface area (Å²) in [5, 5.41) is 10.9. The molecule has 1 amide bonds. The number of ether oxygens (including phenoxy) is 1. The number of halogens is 1. The van der Waals surface area contributed by atoms with Crippen molar-refractivity contribution in [2.45, 2.75) is 11.8 Å². The summed E-state index contributed by atoms with van der Waals surface area (Å²) in [5.74, 6) is -0.350. The monoisotopic (exact) mass is 575 g/mol. The molecule has 10 nitrogen and oxygen atoms in total. The molecule has 1 heterocycles. The zero-order valence-corrected chi connectivity index (χ0v) is 19.6. The van der Waals surface area contributed by atoms with Crippen molar-refractivity contribution < 1.29 is 27.1 Å². The van der Waals surface area contributed by atoms with Gasteiger partial charge >= 0.3 is 10.1 Å². The van der Waals surface area contributed by atoms with Crippen molar-refractivity contribution in [1.29, 1.82) is 0 Å². The first-order chi connectivity index (χ1) is 14.6. The Labute approximate surface area is 194 Å². The number of nitro groups is 1. The summed E-state index contributed by atoms with van der Waals surface area (Å²) < 4.78 is 36.6. The number of hydrogen-bond acceptors (Lipinski definition) is 9. The summed E-state index contributed by atoms with van der Waals surface area (Å²) in [5.41, 5.74) is 5.87. The van der Waals surface area contributed by atoms with Gasteiger partial charge in [-0.3, -0.25) is 14.9 Å². The van der Waals surface area contributed by atoms with Crippen LogP contribution in [0.1, 0.15) is 12.5 Å². The van der Waals surface area contributed by atoms with E-state index in [0.29, 0.717) is 14.0 Å². The molecule has 0 radical (unpaired) electrons. The van der Waals surface area contributed by atoms with E-state index in [9.17, 15) is 23.3 Å². The molecule has 0 unspecified atom stereocenters. The van der Waals surface area contributed by atoms with E-state index in [4.69, 9.17) is 14.7 Å². The van der Waals surface area contributed by atoms with Crippen LogP contribution in [0.4, 0.5) is 5.69 Å². The van der Waals surface area contributed by atoms with Gasteiger partial charge in [0.05, 0.1) is 20.0 Å². The van der Waals surface area contributed by atoms with E-state index in [1.54, 1.807) is 19.1 Å². The largest absolute Gasteiger partial charge is 0.490 e. The number of carbonyl (C=O) groups excluding carboxylic acids is 1. The molecule has 3 rings (SSSR count). The fourth-order valence-corrected chi connectivity index (χ4v) is 5.01. The molecule has 0 fully saturated rings. The first-order valence-corrected chi connectivity index (χ1v) is 11.8. The maximum absolute atomic E-state index is 12.7.